The van der Waals surface area contributed by atoms with Crippen molar-refractivity contribution in [2.75, 3.05) is 0 Å². The molecule has 3 aromatic rings. The number of aromatic hydroxyl groups is 2. The Labute approximate surface area is 172 Å². The van der Waals surface area contributed by atoms with Crippen molar-refractivity contribution in [3.8, 4) is 11.5 Å². The minimum absolute atomic E-state index is 0.0762. The zero-order valence-corrected chi connectivity index (χ0v) is 15.8. The van der Waals surface area contributed by atoms with E-state index in [2.05, 4.69) is 4.99 Å². The Bertz CT molecular complexity index is 1230. The number of fused-ring (bicyclic) bond motifs is 1. The summed E-state index contributed by atoms with van der Waals surface area (Å²) in [7, 11) is 0. The third-order valence-corrected chi connectivity index (χ3v) is 4.37. The molecule has 156 valence electrons. The van der Waals surface area contributed by atoms with Crippen LogP contribution in [0.2, 0.25) is 5.02 Å². The molecule has 0 saturated heterocycles. The highest BCUT2D eigenvalue weighted by Gasteiger charge is 2.40. The highest BCUT2D eigenvalue weighted by Crippen LogP contribution is 2.39. The van der Waals surface area contributed by atoms with Crippen molar-refractivity contribution in [2.45, 2.75) is 12.7 Å². The Morgan fingerprint density at radius 3 is 2.60 bits per heavy atom. The highest BCUT2D eigenvalue weighted by atomic mass is 35.5. The molecule has 6 nitrogen and oxygen atoms in total. The van der Waals surface area contributed by atoms with Crippen molar-refractivity contribution >= 4 is 34.4 Å². The maximum atomic E-state index is 13.6. The molecule has 4 N–H and O–H groups in total. The van der Waals surface area contributed by atoms with E-state index >= 15 is 0 Å². The number of allylic oxidation sites excluding steroid dienone is 1. The molecular weight excluding hydrogens is 425 g/mol. The van der Waals surface area contributed by atoms with E-state index in [9.17, 15) is 28.2 Å². The molecule has 0 saturated carbocycles. The maximum Gasteiger partial charge on any atom is 0.450 e. The van der Waals surface area contributed by atoms with Gasteiger partial charge >= 0.3 is 6.18 Å². The summed E-state index contributed by atoms with van der Waals surface area (Å²) < 4.78 is 45.6. The van der Waals surface area contributed by atoms with Crippen molar-refractivity contribution in [1.29, 1.82) is 0 Å². The second-order valence-corrected chi connectivity index (χ2v) is 6.60. The van der Waals surface area contributed by atoms with Gasteiger partial charge < -0.3 is 20.4 Å². The molecule has 1 heterocycles. The van der Waals surface area contributed by atoms with E-state index in [1.807, 2.05) is 0 Å². The van der Waals surface area contributed by atoms with E-state index < -0.39 is 40.0 Å². The van der Waals surface area contributed by atoms with Crippen LogP contribution in [0.4, 0.5) is 13.2 Å². The number of nitrogens with zero attached hydrogens (tertiary/aromatic N) is 1. The first kappa shape index (κ1) is 21.3. The summed E-state index contributed by atoms with van der Waals surface area (Å²) in [6.07, 6.45) is -3.26. The van der Waals surface area contributed by atoms with Crippen molar-refractivity contribution < 1.29 is 27.8 Å². The van der Waals surface area contributed by atoms with E-state index in [1.165, 1.54) is 0 Å². The molecule has 0 spiro atoms. The first-order valence-electron chi connectivity index (χ1n) is 8.39. The molecule has 0 aliphatic rings. The SMILES string of the molecule is N/C=C(\C=NCc1cccc(Cl)c1)c1c(C(F)(F)F)oc2c(O)c(O)ccc2c1=O. The van der Waals surface area contributed by atoms with E-state index in [0.29, 0.717) is 10.6 Å². The minimum Gasteiger partial charge on any atom is -0.504 e. The van der Waals surface area contributed by atoms with Crippen molar-refractivity contribution in [1.82, 2.24) is 0 Å². The third-order valence-electron chi connectivity index (χ3n) is 4.13. The van der Waals surface area contributed by atoms with Crippen LogP contribution in [0, 0.1) is 0 Å². The first-order chi connectivity index (χ1) is 14.1. The van der Waals surface area contributed by atoms with Crippen LogP contribution in [0.15, 0.2) is 56.8 Å². The fraction of sp³-hybridized carbons (Fsp3) is 0.100. The monoisotopic (exact) mass is 438 g/mol. The highest BCUT2D eigenvalue weighted by molar-refractivity contribution is 6.30. The molecule has 0 bridgehead atoms. The largest absolute Gasteiger partial charge is 0.504 e. The van der Waals surface area contributed by atoms with Crippen LogP contribution in [0.5, 0.6) is 11.5 Å². The Kier molecular flexibility index (Phi) is 5.75. The lowest BCUT2D eigenvalue weighted by Gasteiger charge is -2.13. The van der Waals surface area contributed by atoms with Gasteiger partial charge in [0.25, 0.3) is 0 Å². The number of rotatable bonds is 4. The summed E-state index contributed by atoms with van der Waals surface area (Å²) in [5.41, 5.74) is 3.10. The van der Waals surface area contributed by atoms with Crippen LogP contribution < -0.4 is 11.2 Å². The van der Waals surface area contributed by atoms with Crippen LogP contribution in [0.3, 0.4) is 0 Å². The molecule has 30 heavy (non-hydrogen) atoms. The molecule has 0 fully saturated rings. The minimum atomic E-state index is -5.09. The number of nitrogens with two attached hydrogens (primary N) is 1. The molecule has 10 heteroatoms. The number of phenolic OH excluding ortho intramolecular Hbond substituents is 2. The Morgan fingerprint density at radius 1 is 1.23 bits per heavy atom. The smallest absolute Gasteiger partial charge is 0.450 e. The standard InChI is InChI=1S/C20H14ClF3N2O4/c21-12-3-1-2-10(6-12)8-26-9-11(7-25)15-16(28)13-4-5-14(27)17(29)18(13)30-19(15)20(22,23)24/h1-7,9,27,29H,8,25H2/b11-7+,26-9?. The molecule has 2 aromatic carbocycles. The third kappa shape index (κ3) is 4.11. The number of benzene rings is 2. The van der Waals surface area contributed by atoms with Crippen LogP contribution in [0.1, 0.15) is 16.9 Å². The average Bonchev–Trinajstić information content (AvgIpc) is 2.68. The summed E-state index contributed by atoms with van der Waals surface area (Å²) in [6.45, 7) is 0.0762. The van der Waals surface area contributed by atoms with Gasteiger partial charge in [0.2, 0.25) is 16.9 Å². The summed E-state index contributed by atoms with van der Waals surface area (Å²) in [5, 5.41) is 19.4. The lowest BCUT2D eigenvalue weighted by molar-refractivity contribution is -0.153. The van der Waals surface area contributed by atoms with Gasteiger partial charge in [-0.25, -0.2) is 0 Å². The summed E-state index contributed by atoms with van der Waals surface area (Å²) in [5.74, 6) is -3.38. The average molecular weight is 439 g/mol. The second-order valence-electron chi connectivity index (χ2n) is 6.16. The van der Waals surface area contributed by atoms with Gasteiger partial charge in [-0.05, 0) is 29.8 Å². The predicted octanol–water partition coefficient (Wildman–Crippen LogP) is 4.45. The number of phenols is 2. The van der Waals surface area contributed by atoms with Gasteiger partial charge in [0.1, 0.15) is 0 Å². The Hall–Kier alpha value is -3.46. The number of aliphatic imine (C=N–C) groups is 1. The van der Waals surface area contributed by atoms with Crippen LogP contribution >= 0.6 is 11.6 Å². The van der Waals surface area contributed by atoms with Crippen LogP contribution in [0.25, 0.3) is 16.5 Å². The van der Waals surface area contributed by atoms with Gasteiger partial charge in [-0.1, -0.05) is 23.7 Å². The number of hydrogen-bond acceptors (Lipinski definition) is 6. The van der Waals surface area contributed by atoms with Crippen LogP contribution in [-0.4, -0.2) is 16.4 Å². The van der Waals surface area contributed by atoms with Crippen LogP contribution in [-0.2, 0) is 12.7 Å². The molecule has 1 aromatic heterocycles. The summed E-state index contributed by atoms with van der Waals surface area (Å²) >= 11 is 5.88. The maximum absolute atomic E-state index is 13.6. The molecule has 0 atom stereocenters. The van der Waals surface area contributed by atoms with E-state index in [1.54, 1.807) is 24.3 Å². The summed E-state index contributed by atoms with van der Waals surface area (Å²) in [4.78, 5) is 16.8. The molecular formula is C20H14ClF3N2O4. The van der Waals surface area contributed by atoms with E-state index in [-0.39, 0.29) is 17.5 Å². The van der Waals surface area contributed by atoms with Gasteiger partial charge in [-0.15, -0.1) is 0 Å². The Morgan fingerprint density at radius 2 is 1.97 bits per heavy atom. The Balaban J connectivity index is 2.14. The molecule has 0 amide bonds. The number of halogens is 4. The lowest BCUT2D eigenvalue weighted by Crippen LogP contribution is -2.19. The molecule has 3 rings (SSSR count). The molecule has 0 aliphatic heterocycles. The van der Waals surface area contributed by atoms with Gasteiger partial charge in [0.05, 0.1) is 17.5 Å². The normalized spacial score (nSPS) is 12.7. The molecule has 0 aliphatic carbocycles. The van der Waals surface area contributed by atoms with E-state index in [4.69, 9.17) is 21.8 Å². The van der Waals surface area contributed by atoms with Crippen molar-refractivity contribution in [3.05, 3.63) is 74.7 Å². The fourth-order valence-electron chi connectivity index (χ4n) is 2.77. The zero-order chi connectivity index (χ0) is 22.1. The number of hydrogen-bond donors (Lipinski definition) is 3. The van der Waals surface area contributed by atoms with E-state index in [0.717, 1.165) is 24.5 Å². The van der Waals surface area contributed by atoms with Gasteiger partial charge in [-0.3, -0.25) is 9.79 Å². The quantitative estimate of drug-likeness (QED) is 0.412. The fourth-order valence-corrected chi connectivity index (χ4v) is 2.98. The van der Waals surface area contributed by atoms with Crippen molar-refractivity contribution in [2.24, 2.45) is 10.7 Å². The lowest BCUT2D eigenvalue weighted by atomic mass is 10.0. The van der Waals surface area contributed by atoms with Gasteiger partial charge in [-0.2, -0.15) is 13.2 Å². The van der Waals surface area contributed by atoms with Gasteiger partial charge in [0, 0.05) is 23.0 Å². The molecule has 0 radical (unpaired) electrons. The number of alkyl halides is 3. The second kappa shape index (κ2) is 8.11. The molecule has 0 unspecified atom stereocenters. The summed E-state index contributed by atoms with van der Waals surface area (Å²) in [6, 6.07) is 8.70. The first-order valence-corrected chi connectivity index (χ1v) is 8.76. The van der Waals surface area contributed by atoms with Gasteiger partial charge in [0.15, 0.2) is 11.3 Å². The predicted molar refractivity (Wildman–Crippen MR) is 107 cm³/mol. The van der Waals surface area contributed by atoms with Crippen molar-refractivity contribution in [3.63, 3.8) is 0 Å². The topological polar surface area (TPSA) is 109 Å². The zero-order valence-electron chi connectivity index (χ0n) is 15.1.